The molecule has 0 atom stereocenters. The van der Waals surface area contributed by atoms with E-state index in [1.165, 1.54) is 6.07 Å². The molecule has 0 amide bonds. The van der Waals surface area contributed by atoms with Gasteiger partial charge >= 0.3 is 190 Å². The van der Waals surface area contributed by atoms with Crippen molar-refractivity contribution in [3.05, 3.63) is 123 Å². The zero-order chi connectivity index (χ0) is 23.4. The normalized spacial score (nSPS) is 11.5. The van der Waals surface area contributed by atoms with Crippen LogP contribution in [0.5, 0.6) is 0 Å². The van der Waals surface area contributed by atoms with E-state index < -0.39 is 28.6 Å². The number of nitrogens with one attached hydrogen (secondary N) is 1. The van der Waals surface area contributed by atoms with Gasteiger partial charge in [0.25, 0.3) is 0 Å². The molecule has 3 N–H and O–H groups in total. The van der Waals surface area contributed by atoms with Crippen LogP contribution in [-0.2, 0) is 0 Å². The molecule has 0 heterocycles. The molecule has 0 aromatic heterocycles. The van der Waals surface area contributed by atoms with Crippen LogP contribution in [-0.4, -0.2) is 9.85 Å². The third-order valence-electron chi connectivity index (χ3n) is 5.49. The van der Waals surface area contributed by atoms with Crippen LogP contribution in [0.25, 0.3) is 0 Å². The Labute approximate surface area is 190 Å². The molecule has 4 aromatic carbocycles. The fourth-order valence-corrected chi connectivity index (χ4v) is 8.09. The van der Waals surface area contributed by atoms with E-state index >= 15 is 0 Å². The molecule has 4 rings (SSSR count). The second-order valence-corrected chi connectivity index (χ2v) is 10.9. The van der Waals surface area contributed by atoms with Crippen LogP contribution in [0.2, 0.25) is 0 Å². The molecule has 0 unspecified atom stereocenters. The molecule has 0 saturated heterocycles. The zero-order valence-electron chi connectivity index (χ0n) is 17.4. The summed E-state index contributed by atoms with van der Waals surface area (Å²) in [4.78, 5) is 21.8. The number of non-ortho nitro benzene ring substituents is 1. The van der Waals surface area contributed by atoms with Gasteiger partial charge in [0.2, 0.25) is 0 Å². The second kappa shape index (κ2) is 9.06. The first-order valence-electron chi connectivity index (χ1n) is 10.1. The topological polar surface area (TPSA) is 124 Å². The Morgan fingerprint density at radius 2 is 1.09 bits per heavy atom. The van der Waals surface area contributed by atoms with Gasteiger partial charge in [0.05, 0.1) is 0 Å². The molecule has 0 aliphatic rings. The van der Waals surface area contributed by atoms with E-state index in [4.69, 9.17) is 5.73 Å². The Morgan fingerprint density at radius 3 is 1.45 bits per heavy atom. The summed E-state index contributed by atoms with van der Waals surface area (Å²) < 4.78 is 0. The molecule has 9 heteroatoms. The minimum atomic E-state index is -3.09. The van der Waals surface area contributed by atoms with E-state index in [0.717, 1.165) is 22.0 Å². The van der Waals surface area contributed by atoms with Crippen molar-refractivity contribution < 1.29 is 9.85 Å². The standard InChI is InChI=1S/C24H21N4O4P/c25-24-22(16-18(27(29)30)17-23(24)28(31)32)26-33(19-10-4-1-5-11-19,20-12-6-2-7-13-20)21-14-8-3-9-15-21/h1-17,26,33H,25H2. The number of nitro benzene ring substituents is 2. The van der Waals surface area contributed by atoms with Gasteiger partial charge in [0, 0.05) is 0 Å². The Balaban J connectivity index is 2.06. The SMILES string of the molecule is Nc1c(N[PH](c2ccccc2)(c2ccccc2)c2ccccc2)cc([N+](=O)[O-])cc1[N+](=O)[O-]. The first-order chi connectivity index (χ1) is 15.9. The van der Waals surface area contributed by atoms with Crippen molar-refractivity contribution in [2.45, 2.75) is 0 Å². The monoisotopic (exact) mass is 460 g/mol. The van der Waals surface area contributed by atoms with E-state index in [2.05, 4.69) is 5.09 Å². The summed E-state index contributed by atoms with van der Waals surface area (Å²) in [5.41, 5.74) is 5.28. The van der Waals surface area contributed by atoms with Crippen molar-refractivity contribution >= 4 is 46.1 Å². The number of hydrogen-bond donors (Lipinski definition) is 2. The van der Waals surface area contributed by atoms with Crippen LogP contribution in [0.1, 0.15) is 0 Å². The second-order valence-electron chi connectivity index (χ2n) is 7.41. The molecule has 8 nitrogen and oxygen atoms in total. The molecule has 0 fully saturated rings. The van der Waals surface area contributed by atoms with Gasteiger partial charge in [0.15, 0.2) is 0 Å². The molecule has 0 saturated carbocycles. The average Bonchev–Trinajstić information content (AvgIpc) is 2.85. The van der Waals surface area contributed by atoms with Crippen molar-refractivity contribution in [1.29, 1.82) is 0 Å². The summed E-state index contributed by atoms with van der Waals surface area (Å²) in [6.07, 6.45) is 0. The van der Waals surface area contributed by atoms with E-state index in [-0.39, 0.29) is 11.4 Å². The summed E-state index contributed by atoms with van der Waals surface area (Å²) in [7, 11) is -3.09. The maximum atomic E-state index is 11.6. The van der Waals surface area contributed by atoms with Gasteiger partial charge in [-0.1, -0.05) is 0 Å². The van der Waals surface area contributed by atoms with E-state index in [0.29, 0.717) is 0 Å². The van der Waals surface area contributed by atoms with Gasteiger partial charge in [-0.3, -0.25) is 0 Å². The Hall–Kier alpha value is -4.29. The van der Waals surface area contributed by atoms with Crippen LogP contribution < -0.4 is 26.7 Å². The van der Waals surface area contributed by atoms with Gasteiger partial charge < -0.3 is 0 Å². The fraction of sp³-hybridized carbons (Fsp3) is 0. The molecular weight excluding hydrogens is 439 g/mol. The van der Waals surface area contributed by atoms with Crippen LogP contribution in [0.15, 0.2) is 103 Å². The summed E-state index contributed by atoms with van der Waals surface area (Å²) >= 11 is 0. The third kappa shape index (κ3) is 4.12. The minimum absolute atomic E-state index is 0.148. The van der Waals surface area contributed by atoms with E-state index in [9.17, 15) is 20.2 Å². The summed E-state index contributed by atoms with van der Waals surface area (Å²) in [6.45, 7) is 0. The summed E-state index contributed by atoms with van der Waals surface area (Å²) in [6, 6.07) is 31.3. The Morgan fingerprint density at radius 1 is 0.667 bits per heavy atom. The predicted molar refractivity (Wildman–Crippen MR) is 134 cm³/mol. The van der Waals surface area contributed by atoms with E-state index in [1.807, 2.05) is 91.0 Å². The molecule has 4 aromatic rings. The van der Waals surface area contributed by atoms with Crippen molar-refractivity contribution in [3.8, 4) is 0 Å². The maximum absolute atomic E-state index is 11.6. The zero-order valence-corrected chi connectivity index (χ0v) is 18.4. The van der Waals surface area contributed by atoms with Crippen molar-refractivity contribution in [3.63, 3.8) is 0 Å². The van der Waals surface area contributed by atoms with Crippen molar-refractivity contribution in [1.82, 2.24) is 0 Å². The molecule has 0 radical (unpaired) electrons. The molecule has 33 heavy (non-hydrogen) atoms. The van der Waals surface area contributed by atoms with Crippen molar-refractivity contribution in [2.75, 3.05) is 10.8 Å². The van der Waals surface area contributed by atoms with Crippen LogP contribution in [0.3, 0.4) is 0 Å². The summed E-state index contributed by atoms with van der Waals surface area (Å²) in [5, 5.41) is 29.6. The molecule has 0 aliphatic heterocycles. The molecule has 166 valence electrons. The molecule has 0 aliphatic carbocycles. The number of rotatable bonds is 7. The van der Waals surface area contributed by atoms with Crippen LogP contribution in [0, 0.1) is 20.2 Å². The fourth-order valence-electron chi connectivity index (χ4n) is 3.97. The van der Waals surface area contributed by atoms with Crippen LogP contribution in [0.4, 0.5) is 22.7 Å². The summed E-state index contributed by atoms with van der Waals surface area (Å²) in [5.74, 6) is 0. The number of nitrogen functional groups attached to an aromatic ring is 1. The van der Waals surface area contributed by atoms with Crippen molar-refractivity contribution in [2.24, 2.45) is 0 Å². The molecular formula is C24H21N4O4P. The van der Waals surface area contributed by atoms with Gasteiger partial charge in [0.1, 0.15) is 0 Å². The predicted octanol–water partition coefficient (Wildman–Crippen LogP) is 4.14. The average molecular weight is 460 g/mol. The number of nitrogens with zero attached hydrogens (tertiary/aromatic N) is 2. The van der Waals surface area contributed by atoms with Gasteiger partial charge in [-0.05, 0) is 0 Å². The quantitative estimate of drug-likeness (QED) is 0.185. The Bertz CT molecular complexity index is 1210. The van der Waals surface area contributed by atoms with Gasteiger partial charge in [-0.2, -0.15) is 0 Å². The first kappa shape index (κ1) is 21.9. The van der Waals surface area contributed by atoms with Gasteiger partial charge in [-0.15, -0.1) is 0 Å². The number of nitro groups is 2. The first-order valence-corrected chi connectivity index (χ1v) is 12.1. The van der Waals surface area contributed by atoms with Gasteiger partial charge in [-0.25, -0.2) is 0 Å². The number of hydrogen-bond acceptors (Lipinski definition) is 6. The number of anilines is 2. The van der Waals surface area contributed by atoms with Crippen LogP contribution >= 0.6 is 7.41 Å². The molecule has 0 bridgehead atoms. The number of nitrogens with two attached hydrogens (primary N) is 1. The third-order valence-corrected chi connectivity index (χ3v) is 9.74. The van der Waals surface area contributed by atoms with E-state index in [1.54, 1.807) is 0 Å². The molecule has 0 spiro atoms. The number of benzene rings is 4. The Kier molecular flexibility index (Phi) is 6.02.